The Balaban J connectivity index is 1.37. The van der Waals surface area contributed by atoms with Crippen LogP contribution < -0.4 is 30.2 Å². The van der Waals surface area contributed by atoms with Gasteiger partial charge >= 0.3 is 6.03 Å². The van der Waals surface area contributed by atoms with Crippen molar-refractivity contribution in [2.24, 2.45) is 0 Å². The number of nitrogens with two attached hydrogens (primary N) is 1. The Labute approximate surface area is 205 Å². The number of ether oxygens (including phenoxy) is 3. The van der Waals surface area contributed by atoms with Gasteiger partial charge in [0.15, 0.2) is 11.5 Å². The molecule has 186 valence electrons. The Morgan fingerprint density at radius 2 is 1.71 bits per heavy atom. The Morgan fingerprint density at radius 3 is 2.37 bits per heavy atom. The average molecular weight is 481 g/mol. The summed E-state index contributed by atoms with van der Waals surface area (Å²) in [6.45, 7) is 5.09. The van der Waals surface area contributed by atoms with Crippen molar-refractivity contribution in [3.8, 4) is 17.2 Å². The minimum Gasteiger partial charge on any atom is -0.494 e. The Bertz CT molecular complexity index is 1160. The summed E-state index contributed by atoms with van der Waals surface area (Å²) in [7, 11) is 3.15. The highest BCUT2D eigenvalue weighted by Crippen LogP contribution is 2.34. The predicted molar refractivity (Wildman–Crippen MR) is 137 cm³/mol. The molecular formula is C25H32N6O4. The number of aromatic nitrogens is 2. The number of carbonyl (C=O) groups is 1. The molecule has 0 bridgehead atoms. The van der Waals surface area contributed by atoms with Crippen molar-refractivity contribution in [1.29, 1.82) is 0 Å². The van der Waals surface area contributed by atoms with Crippen molar-refractivity contribution in [3.05, 3.63) is 36.4 Å². The molecule has 10 heteroatoms. The van der Waals surface area contributed by atoms with Gasteiger partial charge in [-0.3, -0.25) is 0 Å². The van der Waals surface area contributed by atoms with Gasteiger partial charge in [-0.15, -0.1) is 0 Å². The van der Waals surface area contributed by atoms with Gasteiger partial charge in [-0.05, 0) is 36.8 Å². The molecule has 0 spiro atoms. The lowest BCUT2D eigenvalue weighted by Crippen LogP contribution is -2.50. The fourth-order valence-corrected chi connectivity index (χ4v) is 3.89. The molecule has 3 N–H and O–H groups in total. The van der Waals surface area contributed by atoms with E-state index in [0.717, 1.165) is 24.3 Å². The van der Waals surface area contributed by atoms with Crippen LogP contribution >= 0.6 is 0 Å². The first-order chi connectivity index (χ1) is 17.0. The van der Waals surface area contributed by atoms with E-state index in [9.17, 15) is 4.79 Å². The number of benzene rings is 2. The van der Waals surface area contributed by atoms with Crippen LogP contribution in [0.5, 0.6) is 17.2 Å². The summed E-state index contributed by atoms with van der Waals surface area (Å²) in [5, 5.41) is 3.65. The first-order valence-electron chi connectivity index (χ1n) is 11.8. The standard InChI is InChI=1S/C25H32N6O4/c1-4-5-14-35-18-8-6-17(7-9-18)27-25(32)31-12-10-30(11-13-31)24-28-20-16-22(34-3)21(33-2)15-19(20)23(26)29-24/h6-9,15-16H,4-5,10-14H2,1-3H3,(H,27,32)(H2,26,28,29). The van der Waals surface area contributed by atoms with E-state index in [2.05, 4.69) is 22.2 Å². The van der Waals surface area contributed by atoms with Gasteiger partial charge in [-0.1, -0.05) is 13.3 Å². The molecule has 0 aliphatic carbocycles. The number of fused-ring (bicyclic) bond motifs is 1. The third-order valence-corrected chi connectivity index (χ3v) is 5.94. The number of nitrogen functional groups attached to an aromatic ring is 1. The molecule has 0 radical (unpaired) electrons. The van der Waals surface area contributed by atoms with E-state index in [1.54, 1.807) is 31.3 Å². The summed E-state index contributed by atoms with van der Waals surface area (Å²) in [5.74, 6) is 2.84. The average Bonchev–Trinajstić information content (AvgIpc) is 2.89. The van der Waals surface area contributed by atoms with Crippen LogP contribution in [0.3, 0.4) is 0 Å². The van der Waals surface area contributed by atoms with Crippen molar-refractivity contribution < 1.29 is 19.0 Å². The Hall–Kier alpha value is -3.95. The van der Waals surface area contributed by atoms with Crippen LogP contribution in [0.4, 0.5) is 22.2 Å². The number of anilines is 3. The summed E-state index contributed by atoms with van der Waals surface area (Å²) in [6, 6.07) is 10.9. The molecular weight excluding hydrogens is 448 g/mol. The van der Waals surface area contributed by atoms with Gasteiger partial charge in [0.25, 0.3) is 0 Å². The smallest absolute Gasteiger partial charge is 0.321 e. The first kappa shape index (κ1) is 24.2. The van der Waals surface area contributed by atoms with Gasteiger partial charge in [-0.2, -0.15) is 4.98 Å². The van der Waals surface area contributed by atoms with Crippen molar-refractivity contribution >= 4 is 34.4 Å². The van der Waals surface area contributed by atoms with Crippen molar-refractivity contribution in [1.82, 2.24) is 14.9 Å². The third kappa shape index (κ3) is 5.59. The van der Waals surface area contributed by atoms with Gasteiger partial charge in [0.2, 0.25) is 5.95 Å². The van der Waals surface area contributed by atoms with Crippen molar-refractivity contribution in [3.63, 3.8) is 0 Å². The minimum absolute atomic E-state index is 0.139. The Kier molecular flexibility index (Phi) is 7.59. The van der Waals surface area contributed by atoms with Crippen LogP contribution in [0.1, 0.15) is 19.8 Å². The fourth-order valence-electron chi connectivity index (χ4n) is 3.89. The highest BCUT2D eigenvalue weighted by molar-refractivity contribution is 5.92. The zero-order valence-corrected chi connectivity index (χ0v) is 20.4. The van der Waals surface area contributed by atoms with Gasteiger partial charge in [0.05, 0.1) is 26.3 Å². The highest BCUT2D eigenvalue weighted by Gasteiger charge is 2.24. The molecule has 1 fully saturated rings. The monoisotopic (exact) mass is 480 g/mol. The first-order valence-corrected chi connectivity index (χ1v) is 11.8. The van der Waals surface area contributed by atoms with Crippen LogP contribution in [-0.4, -0.2) is 67.9 Å². The van der Waals surface area contributed by atoms with E-state index in [-0.39, 0.29) is 6.03 Å². The maximum absolute atomic E-state index is 12.8. The molecule has 4 rings (SSSR count). The molecule has 10 nitrogen and oxygen atoms in total. The molecule has 2 heterocycles. The number of carbonyl (C=O) groups excluding carboxylic acids is 1. The largest absolute Gasteiger partial charge is 0.494 e. The predicted octanol–water partition coefficient (Wildman–Crippen LogP) is 3.76. The maximum atomic E-state index is 12.8. The Morgan fingerprint density at radius 1 is 1.03 bits per heavy atom. The number of nitrogens with zero attached hydrogens (tertiary/aromatic N) is 4. The highest BCUT2D eigenvalue weighted by atomic mass is 16.5. The number of unbranched alkanes of at least 4 members (excludes halogenated alkanes) is 1. The molecule has 1 saturated heterocycles. The quantitative estimate of drug-likeness (QED) is 0.468. The fraction of sp³-hybridized carbons (Fsp3) is 0.400. The zero-order chi connectivity index (χ0) is 24.8. The molecule has 0 unspecified atom stereocenters. The topological polar surface area (TPSA) is 115 Å². The van der Waals surface area contributed by atoms with Crippen molar-refractivity contribution in [2.45, 2.75) is 19.8 Å². The minimum atomic E-state index is -0.139. The molecule has 1 aliphatic heterocycles. The SMILES string of the molecule is CCCCOc1ccc(NC(=O)N2CCN(c3nc(N)c4cc(OC)c(OC)cc4n3)CC2)cc1. The third-order valence-electron chi connectivity index (χ3n) is 5.94. The van der Waals surface area contributed by atoms with E-state index >= 15 is 0 Å². The van der Waals surface area contributed by atoms with Gasteiger partial charge < -0.3 is 35.1 Å². The second-order valence-electron chi connectivity index (χ2n) is 8.26. The second kappa shape index (κ2) is 11.0. The summed E-state index contributed by atoms with van der Waals surface area (Å²) >= 11 is 0. The number of piperazine rings is 1. The maximum Gasteiger partial charge on any atom is 0.321 e. The van der Waals surface area contributed by atoms with Crippen LogP contribution in [0.2, 0.25) is 0 Å². The lowest BCUT2D eigenvalue weighted by molar-refractivity contribution is 0.208. The normalized spacial score (nSPS) is 13.6. The van der Waals surface area contributed by atoms with E-state index in [0.29, 0.717) is 67.0 Å². The molecule has 2 amide bonds. The summed E-state index contributed by atoms with van der Waals surface area (Å²) < 4.78 is 16.4. The van der Waals surface area contributed by atoms with E-state index in [1.165, 1.54) is 0 Å². The van der Waals surface area contributed by atoms with Crippen molar-refractivity contribution in [2.75, 3.05) is 63.0 Å². The number of nitrogens with one attached hydrogen (secondary N) is 1. The van der Waals surface area contributed by atoms with E-state index in [1.807, 2.05) is 29.2 Å². The molecule has 35 heavy (non-hydrogen) atoms. The van der Waals surface area contributed by atoms with Crippen LogP contribution in [0.15, 0.2) is 36.4 Å². The van der Waals surface area contributed by atoms with Crippen LogP contribution in [0, 0.1) is 0 Å². The molecule has 3 aromatic rings. The second-order valence-corrected chi connectivity index (χ2v) is 8.26. The van der Waals surface area contributed by atoms with Gasteiger partial charge in [0, 0.05) is 43.3 Å². The molecule has 1 aliphatic rings. The van der Waals surface area contributed by atoms with E-state index in [4.69, 9.17) is 19.9 Å². The molecule has 0 saturated carbocycles. The number of methoxy groups -OCH3 is 2. The summed E-state index contributed by atoms with van der Waals surface area (Å²) in [4.78, 5) is 25.7. The summed E-state index contributed by atoms with van der Waals surface area (Å²) in [6.07, 6.45) is 2.11. The lowest BCUT2D eigenvalue weighted by Gasteiger charge is -2.34. The van der Waals surface area contributed by atoms with Crippen LogP contribution in [0.25, 0.3) is 10.9 Å². The lowest BCUT2D eigenvalue weighted by atomic mass is 10.2. The number of amides is 2. The number of hydrogen-bond donors (Lipinski definition) is 2. The molecule has 0 atom stereocenters. The summed E-state index contributed by atoms with van der Waals surface area (Å²) in [5.41, 5.74) is 7.63. The molecule has 2 aromatic carbocycles. The van der Waals surface area contributed by atoms with Crippen LogP contribution in [-0.2, 0) is 0 Å². The molecule has 1 aromatic heterocycles. The number of rotatable bonds is 8. The number of urea groups is 1. The number of hydrogen-bond acceptors (Lipinski definition) is 8. The zero-order valence-electron chi connectivity index (χ0n) is 20.4. The van der Waals surface area contributed by atoms with Gasteiger partial charge in [0.1, 0.15) is 11.6 Å². The van der Waals surface area contributed by atoms with Gasteiger partial charge in [-0.25, -0.2) is 9.78 Å². The van der Waals surface area contributed by atoms with E-state index < -0.39 is 0 Å².